The maximum Gasteiger partial charge on any atom is 0.414 e. The predicted octanol–water partition coefficient (Wildman–Crippen LogP) is 1.98. The summed E-state index contributed by atoms with van der Waals surface area (Å²) < 4.78 is 5.41. The van der Waals surface area contributed by atoms with E-state index in [-0.39, 0.29) is 11.8 Å². The van der Waals surface area contributed by atoms with Crippen LogP contribution in [-0.4, -0.2) is 59.7 Å². The number of hydrogen-bond donors (Lipinski definition) is 3. The van der Waals surface area contributed by atoms with Crippen LogP contribution < -0.4 is 10.1 Å². The summed E-state index contributed by atoms with van der Waals surface area (Å²) in [5, 5.41) is 17.8. The van der Waals surface area contributed by atoms with Crippen LogP contribution in [0.25, 0.3) is 0 Å². The molecule has 0 aliphatic carbocycles. The number of piperidine rings is 1. The Morgan fingerprint density at radius 2 is 1.75 bits per heavy atom. The molecule has 1 aromatic rings. The summed E-state index contributed by atoms with van der Waals surface area (Å²) in [6.07, 6.45) is 4.09. The molecule has 0 unspecified atom stereocenters. The molecular weight excluding hydrogens is 364 g/mol. The number of nitrogens with one attached hydrogen (secondary N) is 1. The molecule has 156 valence electrons. The Hall–Kier alpha value is -2.61. The van der Waals surface area contributed by atoms with E-state index in [4.69, 9.17) is 24.5 Å². The van der Waals surface area contributed by atoms with Crippen LogP contribution in [0, 0.1) is 5.92 Å². The van der Waals surface area contributed by atoms with Crippen LogP contribution in [-0.2, 0) is 20.9 Å². The quantitative estimate of drug-likeness (QED) is 0.478. The van der Waals surface area contributed by atoms with Gasteiger partial charge in [0.25, 0.3) is 0 Å². The highest BCUT2D eigenvalue weighted by Gasteiger charge is 2.25. The molecule has 1 saturated heterocycles. The number of rotatable bonds is 7. The van der Waals surface area contributed by atoms with Crippen molar-refractivity contribution in [3.8, 4) is 5.75 Å². The van der Waals surface area contributed by atoms with Crippen LogP contribution in [0.2, 0.25) is 0 Å². The molecule has 1 aliphatic rings. The van der Waals surface area contributed by atoms with Crippen LogP contribution in [0.5, 0.6) is 5.75 Å². The van der Waals surface area contributed by atoms with Gasteiger partial charge in [0.05, 0.1) is 7.11 Å². The lowest BCUT2D eigenvalue weighted by atomic mass is 9.95. The molecule has 1 aliphatic heterocycles. The number of aliphatic carboxylic acids is 2. The predicted molar refractivity (Wildman–Crippen MR) is 104 cm³/mol. The van der Waals surface area contributed by atoms with Gasteiger partial charge in [-0.1, -0.05) is 31.5 Å². The number of methoxy groups -OCH3 is 1. The molecule has 0 atom stereocenters. The van der Waals surface area contributed by atoms with Gasteiger partial charge in [0.2, 0.25) is 5.91 Å². The monoisotopic (exact) mass is 394 g/mol. The fourth-order valence-corrected chi connectivity index (χ4v) is 2.96. The number of carboxylic acids is 2. The molecule has 0 radical (unpaired) electrons. The highest BCUT2D eigenvalue weighted by molar-refractivity contribution is 6.27. The normalized spacial score (nSPS) is 14.5. The smallest absolute Gasteiger partial charge is 0.414 e. The first kappa shape index (κ1) is 23.4. The minimum Gasteiger partial charge on any atom is -0.496 e. The fraction of sp³-hybridized carbons (Fsp3) is 0.550. The maximum absolute atomic E-state index is 12.1. The van der Waals surface area contributed by atoms with Crippen molar-refractivity contribution >= 4 is 17.8 Å². The Kier molecular flexibility index (Phi) is 10.6. The van der Waals surface area contributed by atoms with E-state index in [0.29, 0.717) is 0 Å². The molecule has 0 aromatic heterocycles. The van der Waals surface area contributed by atoms with Gasteiger partial charge in [-0.05, 0) is 38.4 Å². The van der Waals surface area contributed by atoms with Gasteiger partial charge in [-0.3, -0.25) is 9.69 Å². The molecular formula is C20H30N2O6. The number of carboxylic acid groups (broad SMARTS) is 2. The Morgan fingerprint density at radius 3 is 2.29 bits per heavy atom. The van der Waals surface area contributed by atoms with Gasteiger partial charge in [-0.25, -0.2) is 9.59 Å². The van der Waals surface area contributed by atoms with E-state index in [2.05, 4.69) is 23.2 Å². The van der Waals surface area contributed by atoms with E-state index < -0.39 is 11.9 Å². The van der Waals surface area contributed by atoms with Gasteiger partial charge in [-0.15, -0.1) is 0 Å². The molecule has 1 amide bonds. The second kappa shape index (κ2) is 12.7. The Morgan fingerprint density at radius 1 is 1.14 bits per heavy atom. The van der Waals surface area contributed by atoms with Crippen LogP contribution in [0.4, 0.5) is 0 Å². The van der Waals surface area contributed by atoms with Crippen molar-refractivity contribution in [3.63, 3.8) is 0 Å². The lowest BCUT2D eigenvalue weighted by molar-refractivity contribution is -0.159. The minimum atomic E-state index is -1.82. The van der Waals surface area contributed by atoms with Crippen LogP contribution >= 0.6 is 0 Å². The number of unbranched alkanes of at least 4 members (excludes halogenated alkanes) is 1. The SMILES string of the molecule is CCCCNC(=O)C1CCN(Cc2ccccc2OC)CC1.O=C(O)C(=O)O. The Bertz CT molecular complexity index is 629. The first-order valence-electron chi connectivity index (χ1n) is 9.47. The highest BCUT2D eigenvalue weighted by Crippen LogP contribution is 2.23. The van der Waals surface area contributed by atoms with Crippen molar-refractivity contribution in [2.24, 2.45) is 5.92 Å². The number of carbonyl (C=O) groups is 3. The molecule has 0 bridgehead atoms. The molecule has 1 aromatic carbocycles. The molecule has 1 heterocycles. The highest BCUT2D eigenvalue weighted by atomic mass is 16.5. The molecule has 0 saturated carbocycles. The third-order valence-electron chi connectivity index (χ3n) is 4.56. The zero-order valence-corrected chi connectivity index (χ0v) is 16.5. The van der Waals surface area contributed by atoms with Gasteiger partial charge in [-0.2, -0.15) is 0 Å². The fourth-order valence-electron chi connectivity index (χ4n) is 2.96. The number of amides is 1. The largest absolute Gasteiger partial charge is 0.496 e. The summed E-state index contributed by atoms with van der Waals surface area (Å²) >= 11 is 0. The maximum atomic E-state index is 12.1. The summed E-state index contributed by atoms with van der Waals surface area (Å²) in [7, 11) is 1.71. The third-order valence-corrected chi connectivity index (χ3v) is 4.56. The van der Waals surface area contributed by atoms with Crippen molar-refractivity contribution in [3.05, 3.63) is 29.8 Å². The molecule has 8 nitrogen and oxygen atoms in total. The second-order valence-electron chi connectivity index (χ2n) is 6.62. The van der Waals surface area contributed by atoms with Crippen molar-refractivity contribution in [2.75, 3.05) is 26.7 Å². The van der Waals surface area contributed by atoms with Gasteiger partial charge in [0.1, 0.15) is 5.75 Å². The van der Waals surface area contributed by atoms with Crippen molar-refractivity contribution < 1.29 is 29.3 Å². The lowest BCUT2D eigenvalue weighted by Gasteiger charge is -2.31. The van der Waals surface area contributed by atoms with E-state index in [9.17, 15) is 4.79 Å². The summed E-state index contributed by atoms with van der Waals surface area (Å²) in [6, 6.07) is 8.16. The number of ether oxygens (including phenoxy) is 1. The van der Waals surface area contributed by atoms with E-state index in [1.54, 1.807) is 7.11 Å². The first-order valence-corrected chi connectivity index (χ1v) is 9.47. The van der Waals surface area contributed by atoms with Gasteiger partial charge in [0, 0.05) is 24.6 Å². The van der Waals surface area contributed by atoms with Gasteiger partial charge >= 0.3 is 11.9 Å². The molecule has 1 fully saturated rings. The summed E-state index contributed by atoms with van der Waals surface area (Å²) in [6.45, 7) is 5.81. The molecule has 28 heavy (non-hydrogen) atoms. The molecule has 2 rings (SSSR count). The van der Waals surface area contributed by atoms with Crippen LogP contribution in [0.1, 0.15) is 38.2 Å². The minimum absolute atomic E-state index is 0.186. The summed E-state index contributed by atoms with van der Waals surface area (Å²) in [5.74, 6) is -2.27. The number of likely N-dealkylation sites (tertiary alicyclic amines) is 1. The van der Waals surface area contributed by atoms with Crippen LogP contribution in [0.15, 0.2) is 24.3 Å². The van der Waals surface area contributed by atoms with Crippen molar-refractivity contribution in [1.82, 2.24) is 10.2 Å². The van der Waals surface area contributed by atoms with E-state index in [1.807, 2.05) is 18.2 Å². The van der Waals surface area contributed by atoms with Crippen molar-refractivity contribution in [2.45, 2.75) is 39.2 Å². The molecule has 0 spiro atoms. The summed E-state index contributed by atoms with van der Waals surface area (Å²) in [4.78, 5) is 32.7. The van der Waals surface area contributed by atoms with E-state index >= 15 is 0 Å². The Balaban J connectivity index is 0.000000568. The number of carbonyl (C=O) groups excluding carboxylic acids is 1. The second-order valence-corrected chi connectivity index (χ2v) is 6.62. The van der Waals surface area contributed by atoms with Gasteiger partial charge in [0.15, 0.2) is 0 Å². The topological polar surface area (TPSA) is 116 Å². The lowest BCUT2D eigenvalue weighted by Crippen LogP contribution is -2.40. The zero-order valence-electron chi connectivity index (χ0n) is 16.5. The summed E-state index contributed by atoms with van der Waals surface area (Å²) in [5.41, 5.74) is 1.22. The number of nitrogens with zero attached hydrogens (tertiary/aromatic N) is 1. The zero-order chi connectivity index (χ0) is 20.9. The number of hydrogen-bond acceptors (Lipinski definition) is 5. The van der Waals surface area contributed by atoms with E-state index in [1.165, 1.54) is 5.56 Å². The molecule has 3 N–H and O–H groups in total. The average Bonchev–Trinajstić information content (AvgIpc) is 2.69. The van der Waals surface area contributed by atoms with Crippen LogP contribution in [0.3, 0.4) is 0 Å². The standard InChI is InChI=1S/C18H28N2O2.C2H2O4/c1-3-4-11-19-18(21)15-9-12-20(13-10-15)14-16-7-5-6-8-17(16)22-2;3-1(4)2(5)6/h5-8,15H,3-4,9-14H2,1-2H3,(H,19,21);(H,3,4)(H,5,6). The number of para-hydroxylation sites is 1. The first-order chi connectivity index (χ1) is 13.4. The average molecular weight is 394 g/mol. The Labute approximate surface area is 165 Å². The third kappa shape index (κ3) is 8.39. The van der Waals surface area contributed by atoms with E-state index in [0.717, 1.165) is 57.6 Å². The number of benzene rings is 1. The van der Waals surface area contributed by atoms with Gasteiger partial charge < -0.3 is 20.3 Å². The molecule has 8 heteroatoms. The van der Waals surface area contributed by atoms with Crippen molar-refractivity contribution in [1.29, 1.82) is 0 Å².